The van der Waals surface area contributed by atoms with Crippen molar-refractivity contribution in [3.8, 4) is 0 Å². The van der Waals surface area contributed by atoms with Gasteiger partial charge in [0.05, 0.1) is 33.7 Å². The number of hydrogen-bond donors (Lipinski definition) is 0. The summed E-state index contributed by atoms with van der Waals surface area (Å²) in [5.41, 5.74) is -1.24. The van der Waals surface area contributed by atoms with E-state index in [1.165, 1.54) is 24.3 Å². The number of ketones is 2. The molecule has 1 aliphatic carbocycles. The first-order valence-electron chi connectivity index (χ1n) is 10.7. The lowest BCUT2D eigenvalue weighted by Gasteiger charge is -2.27. The van der Waals surface area contributed by atoms with Crippen LogP contribution in [-0.4, -0.2) is 29.0 Å². The van der Waals surface area contributed by atoms with Gasteiger partial charge in [0.1, 0.15) is 0 Å². The number of benzene rings is 3. The number of ether oxygens (including phenoxy) is 1. The van der Waals surface area contributed by atoms with Crippen molar-refractivity contribution < 1.29 is 23.9 Å². The number of carbonyl (C=O) groups excluding carboxylic acids is 4. The second-order valence-electron chi connectivity index (χ2n) is 8.62. The first kappa shape index (κ1) is 22.4. The van der Waals surface area contributed by atoms with Crippen molar-refractivity contribution in [1.29, 1.82) is 0 Å². The minimum Gasteiger partial charge on any atom is -0.349 e. The lowest BCUT2D eigenvalue weighted by Crippen LogP contribution is -2.51. The van der Waals surface area contributed by atoms with Crippen LogP contribution in [0.5, 0.6) is 0 Å². The number of anilines is 1. The molecule has 2 saturated heterocycles. The minimum absolute atomic E-state index is 0.0150. The van der Waals surface area contributed by atoms with Gasteiger partial charge in [-0.05, 0) is 29.8 Å². The summed E-state index contributed by atoms with van der Waals surface area (Å²) in [6.07, 6.45) is -1.04. The van der Waals surface area contributed by atoms with E-state index in [1.54, 1.807) is 42.5 Å². The molecule has 174 valence electrons. The number of rotatable bonds is 2. The summed E-state index contributed by atoms with van der Waals surface area (Å²) in [4.78, 5) is 56.1. The van der Waals surface area contributed by atoms with E-state index in [9.17, 15) is 19.2 Å². The summed E-state index contributed by atoms with van der Waals surface area (Å²) >= 11 is 18.5. The summed E-state index contributed by atoms with van der Waals surface area (Å²) in [7, 11) is 0. The van der Waals surface area contributed by atoms with Crippen LogP contribution < -0.4 is 4.90 Å². The molecule has 0 unspecified atom stereocenters. The van der Waals surface area contributed by atoms with Crippen molar-refractivity contribution in [2.45, 2.75) is 11.7 Å². The van der Waals surface area contributed by atoms with Crippen molar-refractivity contribution in [1.82, 2.24) is 0 Å². The Morgan fingerprint density at radius 2 is 1.37 bits per heavy atom. The van der Waals surface area contributed by atoms with E-state index in [-0.39, 0.29) is 26.9 Å². The fourth-order valence-electron chi connectivity index (χ4n) is 5.37. The largest absolute Gasteiger partial charge is 0.349 e. The maximum absolute atomic E-state index is 13.9. The molecule has 3 aliphatic rings. The molecule has 6 nitrogen and oxygen atoms in total. The normalized spacial score (nSPS) is 24.4. The standard InChI is InChI=1S/C26H14Cl3NO5/c27-13-10-8-12(9-11-13)21-18-19(25(34)30(24(18)33)17-7-3-6-16(28)20(17)29)26(35-21)22(31)14-4-1-2-5-15(14)23(26)32/h1-11,18-19,21H/t18-,19+,21+/m1/s1. The number of hydrogen-bond acceptors (Lipinski definition) is 5. The van der Waals surface area contributed by atoms with Gasteiger partial charge in [-0.15, -0.1) is 0 Å². The summed E-state index contributed by atoms with van der Waals surface area (Å²) < 4.78 is 6.22. The first-order chi connectivity index (χ1) is 16.8. The van der Waals surface area contributed by atoms with Gasteiger partial charge in [0, 0.05) is 16.1 Å². The highest BCUT2D eigenvalue weighted by Gasteiger charge is 2.74. The predicted octanol–water partition coefficient (Wildman–Crippen LogP) is 5.34. The van der Waals surface area contributed by atoms with Crippen LogP contribution in [0, 0.1) is 11.8 Å². The van der Waals surface area contributed by atoms with Crippen LogP contribution in [0.15, 0.2) is 66.7 Å². The molecule has 1 spiro atoms. The van der Waals surface area contributed by atoms with Crippen molar-refractivity contribution in [2.75, 3.05) is 4.90 Å². The Labute approximate surface area is 214 Å². The van der Waals surface area contributed by atoms with Gasteiger partial charge in [0.2, 0.25) is 29.0 Å². The Bertz CT molecular complexity index is 1430. The second kappa shape index (κ2) is 7.73. The van der Waals surface area contributed by atoms with E-state index >= 15 is 0 Å². The lowest BCUT2D eigenvalue weighted by atomic mass is 9.77. The molecule has 6 rings (SSSR count). The van der Waals surface area contributed by atoms with Gasteiger partial charge in [-0.1, -0.05) is 77.3 Å². The highest BCUT2D eigenvalue weighted by molar-refractivity contribution is 6.45. The third-order valence-corrected chi connectivity index (χ3v) is 7.95. The maximum Gasteiger partial charge on any atom is 0.241 e. The number of halogens is 3. The molecular formula is C26H14Cl3NO5. The van der Waals surface area contributed by atoms with E-state index in [0.717, 1.165) is 4.90 Å². The van der Waals surface area contributed by atoms with Crippen LogP contribution in [0.2, 0.25) is 15.1 Å². The van der Waals surface area contributed by atoms with Crippen molar-refractivity contribution in [3.63, 3.8) is 0 Å². The second-order valence-corrected chi connectivity index (χ2v) is 9.84. The van der Waals surface area contributed by atoms with Gasteiger partial charge in [0.15, 0.2) is 0 Å². The van der Waals surface area contributed by atoms with Gasteiger partial charge >= 0.3 is 0 Å². The average Bonchev–Trinajstić information content (AvgIpc) is 3.42. The molecule has 2 aliphatic heterocycles. The zero-order valence-corrected chi connectivity index (χ0v) is 20.0. The predicted molar refractivity (Wildman–Crippen MR) is 129 cm³/mol. The maximum atomic E-state index is 13.9. The van der Waals surface area contributed by atoms with E-state index in [2.05, 4.69) is 0 Å². The molecule has 0 N–H and O–H groups in total. The molecule has 0 bridgehead atoms. The van der Waals surface area contributed by atoms with E-state index in [1.807, 2.05) is 0 Å². The Hall–Kier alpha value is -3.03. The summed E-state index contributed by atoms with van der Waals surface area (Å²) in [5, 5.41) is 0.628. The van der Waals surface area contributed by atoms with Crippen molar-refractivity contribution in [2.24, 2.45) is 11.8 Å². The minimum atomic E-state index is -2.16. The molecule has 3 aromatic carbocycles. The highest BCUT2D eigenvalue weighted by Crippen LogP contribution is 2.58. The lowest BCUT2D eigenvalue weighted by molar-refractivity contribution is -0.127. The Kier molecular flexibility index (Phi) is 4.96. The number of Topliss-reactive ketones (excluding diaryl/α,β-unsaturated/α-hetero) is 2. The molecule has 9 heteroatoms. The number of carbonyl (C=O) groups is 4. The number of fused-ring (bicyclic) bond motifs is 3. The first-order valence-corrected chi connectivity index (χ1v) is 11.8. The van der Waals surface area contributed by atoms with Gasteiger partial charge < -0.3 is 4.74 Å². The monoisotopic (exact) mass is 525 g/mol. The zero-order chi connectivity index (χ0) is 24.6. The average molecular weight is 527 g/mol. The fourth-order valence-corrected chi connectivity index (χ4v) is 5.88. The molecule has 2 amide bonds. The SMILES string of the molecule is O=C1[C@@H]2[C@@H](C(=O)N1c1cccc(Cl)c1Cl)C1(O[C@H]2c2ccc(Cl)cc2)C(=O)c2ccccc2C1=O. The molecule has 0 saturated carbocycles. The quantitative estimate of drug-likeness (QED) is 0.333. The van der Waals surface area contributed by atoms with Crippen molar-refractivity contribution >= 4 is 63.9 Å². The summed E-state index contributed by atoms with van der Waals surface area (Å²) in [6, 6.07) is 17.4. The Morgan fingerprint density at radius 3 is 2.00 bits per heavy atom. The molecule has 2 heterocycles. The molecule has 35 heavy (non-hydrogen) atoms. The number of nitrogens with zero attached hydrogens (tertiary/aromatic N) is 1. The summed E-state index contributed by atoms with van der Waals surface area (Å²) in [6.45, 7) is 0. The number of amides is 2. The third kappa shape index (κ3) is 2.88. The van der Waals surface area contributed by atoms with Crippen molar-refractivity contribution in [3.05, 3.63) is 98.5 Å². The fraction of sp³-hybridized carbons (Fsp3) is 0.154. The summed E-state index contributed by atoms with van der Waals surface area (Å²) in [5.74, 6) is -5.15. The molecule has 3 atom stereocenters. The van der Waals surface area contributed by atoms with Crippen LogP contribution in [0.3, 0.4) is 0 Å². The van der Waals surface area contributed by atoms with Gasteiger partial charge in [-0.3, -0.25) is 19.2 Å². The van der Waals surface area contributed by atoms with E-state index in [4.69, 9.17) is 39.5 Å². The Balaban J connectivity index is 1.56. The Morgan fingerprint density at radius 1 is 0.743 bits per heavy atom. The third-order valence-electron chi connectivity index (χ3n) is 6.89. The number of imide groups is 1. The van der Waals surface area contributed by atoms with Gasteiger partial charge in [-0.25, -0.2) is 4.90 Å². The highest BCUT2D eigenvalue weighted by atomic mass is 35.5. The van der Waals surface area contributed by atoms with Crippen LogP contribution in [0.25, 0.3) is 0 Å². The topological polar surface area (TPSA) is 80.8 Å². The van der Waals surface area contributed by atoms with Crippen LogP contribution in [0.1, 0.15) is 32.4 Å². The van der Waals surface area contributed by atoms with Gasteiger partial charge in [-0.2, -0.15) is 0 Å². The van der Waals surface area contributed by atoms with E-state index < -0.39 is 46.9 Å². The van der Waals surface area contributed by atoms with Crippen LogP contribution >= 0.6 is 34.8 Å². The molecule has 0 radical (unpaired) electrons. The molecule has 3 aromatic rings. The molecule has 2 fully saturated rings. The van der Waals surface area contributed by atoms with E-state index in [0.29, 0.717) is 10.6 Å². The zero-order valence-electron chi connectivity index (χ0n) is 17.7. The van der Waals surface area contributed by atoms with Gasteiger partial charge in [0.25, 0.3) is 0 Å². The molecular weight excluding hydrogens is 513 g/mol. The van der Waals surface area contributed by atoms with Crippen LogP contribution in [-0.2, 0) is 14.3 Å². The smallest absolute Gasteiger partial charge is 0.241 e. The molecule has 0 aromatic heterocycles. The van der Waals surface area contributed by atoms with Crippen LogP contribution in [0.4, 0.5) is 5.69 Å².